The zero-order chi connectivity index (χ0) is 14.9. The molecule has 4 rings (SSSR count). The van der Waals surface area contributed by atoms with E-state index in [9.17, 15) is 0 Å². The van der Waals surface area contributed by atoms with Gasteiger partial charge in [0.2, 0.25) is 0 Å². The second-order valence-electron chi connectivity index (χ2n) is 6.24. The molecule has 6 heteroatoms. The Balaban J connectivity index is 1.31. The molecule has 1 saturated heterocycles. The van der Waals surface area contributed by atoms with Crippen LogP contribution in [0.1, 0.15) is 55.0 Å². The summed E-state index contributed by atoms with van der Waals surface area (Å²) in [4.78, 5) is 8.80. The molecule has 2 aromatic heterocycles. The zero-order valence-electron chi connectivity index (χ0n) is 12.7. The maximum absolute atomic E-state index is 6.10. The van der Waals surface area contributed by atoms with Crippen LogP contribution < -0.4 is 5.32 Å². The number of ether oxygens (including phenoxy) is 1. The number of aromatic nitrogens is 4. The molecule has 1 aliphatic heterocycles. The molecule has 0 spiro atoms. The highest BCUT2D eigenvalue weighted by atomic mass is 16.5. The molecule has 2 N–H and O–H groups in total. The molecule has 116 valence electrons. The molecule has 2 aliphatic rings. The molecular formula is C16H21N5O. The van der Waals surface area contributed by atoms with Crippen LogP contribution in [0.15, 0.2) is 18.3 Å². The average Bonchev–Trinajstić information content (AvgIpc) is 3.07. The highest BCUT2D eigenvalue weighted by Gasteiger charge is 2.32. The number of nitrogens with one attached hydrogen (secondary N) is 2. The van der Waals surface area contributed by atoms with Crippen LogP contribution in [-0.2, 0) is 4.74 Å². The summed E-state index contributed by atoms with van der Waals surface area (Å²) in [6.07, 6.45) is 6.59. The Labute approximate surface area is 129 Å². The van der Waals surface area contributed by atoms with E-state index in [-0.39, 0.29) is 12.2 Å². The van der Waals surface area contributed by atoms with Crippen molar-refractivity contribution in [2.75, 3.05) is 11.9 Å². The highest BCUT2D eigenvalue weighted by Crippen LogP contribution is 2.39. The van der Waals surface area contributed by atoms with Gasteiger partial charge in [0, 0.05) is 30.0 Å². The highest BCUT2D eigenvalue weighted by molar-refractivity contribution is 5.43. The second-order valence-corrected chi connectivity index (χ2v) is 6.24. The van der Waals surface area contributed by atoms with Crippen molar-refractivity contribution in [3.05, 3.63) is 35.7 Å². The largest absolute Gasteiger partial charge is 0.382 e. The first-order valence-corrected chi connectivity index (χ1v) is 8.02. The smallest absolute Gasteiger partial charge is 0.153 e. The topological polar surface area (TPSA) is 75.7 Å². The normalized spacial score (nSPS) is 24.6. The monoisotopic (exact) mass is 299 g/mol. The standard InChI is InChI=1S/C16H21N5O/c1-10-8-12(6-7-17-10)18-9-13-4-5-14(22-13)16-19-15(20-21-16)11-2-3-11/h6-8,11,13-14H,2-5,9H2,1H3,(H,17,18)(H,19,20,21)/t13-,14+/m1/s1. The predicted octanol–water partition coefficient (Wildman–Crippen LogP) is 2.72. The van der Waals surface area contributed by atoms with Gasteiger partial charge in [-0.15, -0.1) is 0 Å². The van der Waals surface area contributed by atoms with E-state index in [0.29, 0.717) is 5.92 Å². The van der Waals surface area contributed by atoms with Crippen molar-refractivity contribution in [1.29, 1.82) is 0 Å². The Morgan fingerprint density at radius 1 is 1.32 bits per heavy atom. The van der Waals surface area contributed by atoms with Crippen LogP contribution in [0, 0.1) is 6.92 Å². The number of rotatable bonds is 5. The first kappa shape index (κ1) is 13.7. The van der Waals surface area contributed by atoms with E-state index in [4.69, 9.17) is 4.74 Å². The van der Waals surface area contributed by atoms with E-state index in [2.05, 4.69) is 25.5 Å². The van der Waals surface area contributed by atoms with Crippen LogP contribution in [0.25, 0.3) is 0 Å². The molecule has 22 heavy (non-hydrogen) atoms. The number of H-pyrrole nitrogens is 1. The van der Waals surface area contributed by atoms with Crippen molar-refractivity contribution in [3.8, 4) is 0 Å². The number of aryl methyl sites for hydroxylation is 1. The van der Waals surface area contributed by atoms with Gasteiger partial charge in [0.05, 0.1) is 6.10 Å². The lowest BCUT2D eigenvalue weighted by Crippen LogP contribution is -2.19. The number of pyridine rings is 1. The summed E-state index contributed by atoms with van der Waals surface area (Å²) in [6.45, 7) is 2.80. The third-order valence-electron chi connectivity index (χ3n) is 4.31. The molecule has 2 atom stereocenters. The summed E-state index contributed by atoms with van der Waals surface area (Å²) in [5.41, 5.74) is 2.11. The fourth-order valence-electron chi connectivity index (χ4n) is 2.90. The lowest BCUT2D eigenvalue weighted by Gasteiger charge is -2.14. The van der Waals surface area contributed by atoms with Gasteiger partial charge in [0.15, 0.2) is 11.6 Å². The predicted molar refractivity (Wildman–Crippen MR) is 82.7 cm³/mol. The van der Waals surface area contributed by atoms with Crippen molar-refractivity contribution >= 4 is 5.69 Å². The summed E-state index contributed by atoms with van der Waals surface area (Å²) < 4.78 is 6.10. The lowest BCUT2D eigenvalue weighted by molar-refractivity contribution is 0.0472. The van der Waals surface area contributed by atoms with Crippen LogP contribution >= 0.6 is 0 Å². The Morgan fingerprint density at radius 2 is 2.23 bits per heavy atom. The van der Waals surface area contributed by atoms with Crippen LogP contribution in [0.5, 0.6) is 0 Å². The van der Waals surface area contributed by atoms with Crippen molar-refractivity contribution in [2.45, 2.75) is 50.7 Å². The Hall–Kier alpha value is -1.95. The Morgan fingerprint density at radius 3 is 3.05 bits per heavy atom. The molecule has 0 unspecified atom stereocenters. The van der Waals surface area contributed by atoms with Gasteiger partial charge in [0.1, 0.15) is 6.10 Å². The summed E-state index contributed by atoms with van der Waals surface area (Å²) in [5.74, 6) is 2.44. The van der Waals surface area contributed by atoms with Gasteiger partial charge in [-0.2, -0.15) is 5.10 Å². The fourth-order valence-corrected chi connectivity index (χ4v) is 2.90. The molecule has 2 fully saturated rings. The van der Waals surface area contributed by atoms with E-state index in [1.54, 1.807) is 0 Å². The molecule has 0 bridgehead atoms. The quantitative estimate of drug-likeness (QED) is 0.888. The van der Waals surface area contributed by atoms with Gasteiger partial charge in [-0.1, -0.05) is 0 Å². The number of hydrogen-bond donors (Lipinski definition) is 2. The van der Waals surface area contributed by atoms with Gasteiger partial charge in [-0.3, -0.25) is 10.1 Å². The molecule has 6 nitrogen and oxygen atoms in total. The lowest BCUT2D eigenvalue weighted by atomic mass is 10.2. The first-order chi connectivity index (χ1) is 10.8. The third kappa shape index (κ3) is 2.97. The third-order valence-corrected chi connectivity index (χ3v) is 4.31. The van der Waals surface area contributed by atoms with Crippen molar-refractivity contribution in [3.63, 3.8) is 0 Å². The molecule has 1 aliphatic carbocycles. The molecule has 1 saturated carbocycles. The van der Waals surface area contributed by atoms with Crippen molar-refractivity contribution < 1.29 is 4.74 Å². The van der Waals surface area contributed by atoms with Gasteiger partial charge < -0.3 is 10.1 Å². The summed E-state index contributed by atoms with van der Waals surface area (Å²) in [6, 6.07) is 4.03. The van der Waals surface area contributed by atoms with E-state index < -0.39 is 0 Å². The van der Waals surface area contributed by atoms with Crippen LogP contribution in [0.4, 0.5) is 5.69 Å². The Bertz CT molecular complexity index is 651. The van der Waals surface area contributed by atoms with Crippen LogP contribution in [0.2, 0.25) is 0 Å². The second kappa shape index (κ2) is 5.68. The maximum Gasteiger partial charge on any atom is 0.153 e. The molecule has 0 aromatic carbocycles. The van der Waals surface area contributed by atoms with E-state index in [0.717, 1.165) is 42.4 Å². The molecule has 0 radical (unpaired) electrons. The minimum atomic E-state index is 0.0611. The maximum atomic E-state index is 6.10. The SMILES string of the molecule is Cc1cc(NC[C@H]2CC[C@@H](c3nc(C4CC4)n[nH]3)O2)ccn1. The summed E-state index contributed by atoms with van der Waals surface area (Å²) in [7, 11) is 0. The van der Waals surface area contributed by atoms with Gasteiger partial charge in [-0.05, 0) is 44.7 Å². The fraction of sp³-hybridized carbons (Fsp3) is 0.562. The Kier molecular flexibility index (Phi) is 3.54. The molecule has 0 amide bonds. The molecule has 3 heterocycles. The van der Waals surface area contributed by atoms with Crippen LogP contribution in [0.3, 0.4) is 0 Å². The van der Waals surface area contributed by atoms with Crippen molar-refractivity contribution in [1.82, 2.24) is 20.2 Å². The molecule has 2 aromatic rings. The van der Waals surface area contributed by atoms with E-state index in [1.165, 1.54) is 12.8 Å². The molecular weight excluding hydrogens is 278 g/mol. The average molecular weight is 299 g/mol. The first-order valence-electron chi connectivity index (χ1n) is 8.02. The number of nitrogens with zero attached hydrogens (tertiary/aromatic N) is 3. The number of hydrogen-bond acceptors (Lipinski definition) is 5. The minimum Gasteiger partial charge on any atom is -0.382 e. The van der Waals surface area contributed by atoms with Crippen LogP contribution in [-0.4, -0.2) is 32.8 Å². The van der Waals surface area contributed by atoms with Gasteiger partial charge >= 0.3 is 0 Å². The minimum absolute atomic E-state index is 0.0611. The van der Waals surface area contributed by atoms with E-state index >= 15 is 0 Å². The number of aromatic amines is 1. The zero-order valence-corrected chi connectivity index (χ0v) is 12.7. The summed E-state index contributed by atoms with van der Waals surface area (Å²) >= 11 is 0. The van der Waals surface area contributed by atoms with Crippen molar-refractivity contribution in [2.24, 2.45) is 0 Å². The van der Waals surface area contributed by atoms with E-state index in [1.807, 2.05) is 25.3 Å². The van der Waals surface area contributed by atoms with Gasteiger partial charge in [0.25, 0.3) is 0 Å². The number of anilines is 1. The summed E-state index contributed by atoms with van der Waals surface area (Å²) in [5, 5.41) is 10.8. The van der Waals surface area contributed by atoms with Gasteiger partial charge in [-0.25, -0.2) is 4.98 Å².